The van der Waals surface area contributed by atoms with Crippen molar-refractivity contribution in [2.24, 2.45) is 5.14 Å². The van der Waals surface area contributed by atoms with Gasteiger partial charge in [-0.1, -0.05) is 0 Å². The molecule has 0 spiro atoms. The molecule has 2 aromatic rings. The fourth-order valence-electron chi connectivity index (χ4n) is 1.63. The standard InChI is InChI=1S/C12H13NO6S/c13-20(16,17)12-6-8-3-4-9(7-10(8)19-12)18-5-1-2-11(14)15/h3-4,6-7H,1-2,5H2,(H,14,15)(H2,13,16,17). The predicted octanol–water partition coefficient (Wildman–Crippen LogP) is 1.32. The maximum Gasteiger partial charge on any atom is 0.303 e. The monoisotopic (exact) mass is 299 g/mol. The molecule has 1 aromatic carbocycles. The third-order valence-corrected chi connectivity index (χ3v) is 3.32. The van der Waals surface area contributed by atoms with Gasteiger partial charge in [-0.3, -0.25) is 4.79 Å². The van der Waals surface area contributed by atoms with Crippen LogP contribution in [-0.2, 0) is 14.8 Å². The molecule has 0 saturated carbocycles. The molecular formula is C12H13NO6S. The molecule has 7 nitrogen and oxygen atoms in total. The van der Waals surface area contributed by atoms with Crippen LogP contribution in [-0.4, -0.2) is 26.1 Å². The number of nitrogens with two attached hydrogens (primary N) is 1. The zero-order valence-corrected chi connectivity index (χ0v) is 11.2. The lowest BCUT2D eigenvalue weighted by Gasteiger charge is -2.04. The van der Waals surface area contributed by atoms with Gasteiger partial charge in [-0.15, -0.1) is 0 Å². The van der Waals surface area contributed by atoms with Crippen LogP contribution < -0.4 is 9.88 Å². The highest BCUT2D eigenvalue weighted by atomic mass is 32.2. The molecule has 0 amide bonds. The Balaban J connectivity index is 2.11. The summed E-state index contributed by atoms with van der Waals surface area (Å²) in [5.74, 6) is -0.411. The van der Waals surface area contributed by atoms with Crippen molar-refractivity contribution in [3.8, 4) is 5.75 Å². The van der Waals surface area contributed by atoms with E-state index in [0.29, 0.717) is 23.1 Å². The average Bonchev–Trinajstić information content (AvgIpc) is 2.77. The molecule has 3 N–H and O–H groups in total. The summed E-state index contributed by atoms with van der Waals surface area (Å²) in [6.07, 6.45) is 0.409. The number of fused-ring (bicyclic) bond motifs is 1. The molecule has 1 aromatic heterocycles. The summed E-state index contributed by atoms with van der Waals surface area (Å²) in [6.45, 7) is 0.251. The van der Waals surface area contributed by atoms with Crippen molar-refractivity contribution in [1.29, 1.82) is 0 Å². The van der Waals surface area contributed by atoms with Crippen molar-refractivity contribution in [3.05, 3.63) is 24.3 Å². The lowest BCUT2D eigenvalue weighted by atomic mass is 10.2. The molecule has 0 aliphatic carbocycles. The van der Waals surface area contributed by atoms with Crippen molar-refractivity contribution >= 4 is 27.0 Å². The first kappa shape index (κ1) is 14.4. The molecule has 1 heterocycles. The number of aliphatic carboxylic acids is 1. The summed E-state index contributed by atoms with van der Waals surface area (Å²) in [7, 11) is -3.88. The summed E-state index contributed by atoms with van der Waals surface area (Å²) >= 11 is 0. The van der Waals surface area contributed by atoms with Crippen LogP contribution >= 0.6 is 0 Å². The van der Waals surface area contributed by atoms with Crippen LogP contribution in [0.1, 0.15) is 12.8 Å². The lowest BCUT2D eigenvalue weighted by Crippen LogP contribution is -2.10. The molecule has 0 aliphatic rings. The number of furan rings is 1. The fourth-order valence-corrected chi connectivity index (χ4v) is 2.13. The van der Waals surface area contributed by atoms with Crippen molar-refractivity contribution < 1.29 is 27.5 Å². The van der Waals surface area contributed by atoms with Crippen molar-refractivity contribution in [2.45, 2.75) is 17.9 Å². The van der Waals surface area contributed by atoms with Gasteiger partial charge in [0.25, 0.3) is 10.0 Å². The van der Waals surface area contributed by atoms with E-state index in [1.54, 1.807) is 12.1 Å². The largest absolute Gasteiger partial charge is 0.493 e. The Morgan fingerprint density at radius 3 is 2.75 bits per heavy atom. The van der Waals surface area contributed by atoms with Crippen LogP contribution in [0.2, 0.25) is 0 Å². The first-order valence-electron chi connectivity index (χ1n) is 5.77. The van der Waals surface area contributed by atoms with E-state index in [2.05, 4.69) is 0 Å². The van der Waals surface area contributed by atoms with Crippen LogP contribution in [0.25, 0.3) is 11.0 Å². The Labute approximate surface area is 115 Å². The van der Waals surface area contributed by atoms with E-state index < -0.39 is 16.0 Å². The highest BCUT2D eigenvalue weighted by Crippen LogP contribution is 2.26. The maximum absolute atomic E-state index is 11.2. The lowest BCUT2D eigenvalue weighted by molar-refractivity contribution is -0.137. The Bertz CT molecular complexity index is 733. The second kappa shape index (κ2) is 5.51. The highest BCUT2D eigenvalue weighted by Gasteiger charge is 2.14. The van der Waals surface area contributed by atoms with E-state index in [0.717, 1.165) is 0 Å². The van der Waals surface area contributed by atoms with Gasteiger partial charge in [-0.25, -0.2) is 13.6 Å². The summed E-state index contributed by atoms with van der Waals surface area (Å²) in [6, 6.07) is 6.15. The smallest absolute Gasteiger partial charge is 0.303 e. The van der Waals surface area contributed by atoms with E-state index >= 15 is 0 Å². The van der Waals surface area contributed by atoms with E-state index in [9.17, 15) is 13.2 Å². The van der Waals surface area contributed by atoms with Gasteiger partial charge in [0.1, 0.15) is 11.3 Å². The number of benzene rings is 1. The van der Waals surface area contributed by atoms with Gasteiger partial charge in [0.05, 0.1) is 6.61 Å². The van der Waals surface area contributed by atoms with Crippen LogP contribution in [0.5, 0.6) is 5.75 Å². The average molecular weight is 299 g/mol. The van der Waals surface area contributed by atoms with Gasteiger partial charge in [-0.2, -0.15) is 0 Å². The number of ether oxygens (including phenoxy) is 1. The number of carbonyl (C=O) groups is 1. The van der Waals surface area contributed by atoms with Crippen molar-refractivity contribution in [3.63, 3.8) is 0 Å². The number of sulfonamides is 1. The van der Waals surface area contributed by atoms with E-state index in [4.69, 9.17) is 19.4 Å². The Morgan fingerprint density at radius 1 is 1.35 bits per heavy atom. The minimum Gasteiger partial charge on any atom is -0.493 e. The van der Waals surface area contributed by atoms with Crippen LogP contribution in [0, 0.1) is 0 Å². The molecule has 0 radical (unpaired) electrons. The third kappa shape index (κ3) is 3.49. The van der Waals surface area contributed by atoms with Gasteiger partial charge in [0, 0.05) is 23.9 Å². The van der Waals surface area contributed by atoms with Gasteiger partial charge in [0.15, 0.2) is 0 Å². The van der Waals surface area contributed by atoms with Gasteiger partial charge >= 0.3 is 5.97 Å². The first-order chi connectivity index (χ1) is 9.36. The number of primary sulfonamides is 1. The Morgan fingerprint density at radius 2 is 2.10 bits per heavy atom. The SMILES string of the molecule is NS(=O)(=O)c1cc2ccc(OCCCC(=O)O)cc2o1. The maximum atomic E-state index is 11.2. The molecule has 0 bridgehead atoms. The van der Waals surface area contributed by atoms with Crippen LogP contribution in [0.4, 0.5) is 0 Å². The zero-order valence-electron chi connectivity index (χ0n) is 10.4. The minimum absolute atomic E-state index is 0.0264. The second-order valence-electron chi connectivity index (χ2n) is 4.16. The number of carboxylic acid groups (broad SMARTS) is 1. The summed E-state index contributed by atoms with van der Waals surface area (Å²) in [5.41, 5.74) is 0.338. The molecule has 0 aliphatic heterocycles. The minimum atomic E-state index is -3.88. The molecule has 0 saturated heterocycles. The number of hydrogen-bond acceptors (Lipinski definition) is 5. The molecule has 0 unspecified atom stereocenters. The highest BCUT2D eigenvalue weighted by molar-refractivity contribution is 7.89. The fraction of sp³-hybridized carbons (Fsp3) is 0.250. The summed E-state index contributed by atoms with van der Waals surface area (Å²) in [4.78, 5) is 10.3. The van der Waals surface area contributed by atoms with E-state index in [1.807, 2.05) is 0 Å². The summed E-state index contributed by atoms with van der Waals surface area (Å²) in [5, 5.41) is 13.7. The van der Waals surface area contributed by atoms with E-state index in [1.165, 1.54) is 12.1 Å². The predicted molar refractivity (Wildman–Crippen MR) is 70.0 cm³/mol. The first-order valence-corrected chi connectivity index (χ1v) is 7.32. The van der Waals surface area contributed by atoms with Gasteiger partial charge in [-0.05, 0) is 18.6 Å². The van der Waals surface area contributed by atoms with Crippen LogP contribution in [0.15, 0.2) is 33.8 Å². The van der Waals surface area contributed by atoms with E-state index in [-0.39, 0.29) is 18.1 Å². The van der Waals surface area contributed by atoms with Gasteiger partial charge < -0.3 is 14.3 Å². The molecule has 0 atom stereocenters. The molecule has 8 heteroatoms. The topological polar surface area (TPSA) is 120 Å². The zero-order chi connectivity index (χ0) is 14.8. The quantitative estimate of drug-likeness (QED) is 0.776. The number of carboxylic acids is 1. The van der Waals surface area contributed by atoms with Crippen molar-refractivity contribution in [2.75, 3.05) is 6.61 Å². The number of hydrogen-bond donors (Lipinski definition) is 2. The molecule has 0 fully saturated rings. The molecule has 2 rings (SSSR count). The van der Waals surface area contributed by atoms with Crippen LogP contribution in [0.3, 0.4) is 0 Å². The normalized spacial score (nSPS) is 11.7. The summed E-state index contributed by atoms with van der Waals surface area (Å²) < 4.78 is 32.8. The van der Waals surface area contributed by atoms with Crippen molar-refractivity contribution in [1.82, 2.24) is 0 Å². The Kier molecular flexibility index (Phi) is 3.96. The molecular weight excluding hydrogens is 286 g/mol. The van der Waals surface area contributed by atoms with Gasteiger partial charge in [0.2, 0.25) is 5.09 Å². The second-order valence-corrected chi connectivity index (χ2v) is 5.65. The Hall–Kier alpha value is -2.06. The number of rotatable bonds is 6. The molecule has 20 heavy (non-hydrogen) atoms. The molecule has 108 valence electrons. The third-order valence-electron chi connectivity index (χ3n) is 2.55.